The van der Waals surface area contributed by atoms with Gasteiger partial charge in [0.15, 0.2) is 23.8 Å². The van der Waals surface area contributed by atoms with Crippen molar-refractivity contribution < 1.29 is 38.7 Å². The fourth-order valence-electron chi connectivity index (χ4n) is 10.0. The van der Waals surface area contributed by atoms with Gasteiger partial charge in [-0.2, -0.15) is 0 Å². The molecule has 6 aromatic rings. The number of benzene rings is 6. The van der Waals surface area contributed by atoms with E-state index >= 15 is 9.59 Å². The maximum Gasteiger partial charge on any atom is 0.326 e. The summed E-state index contributed by atoms with van der Waals surface area (Å²) in [6.45, 7) is 0.358. The average molecular weight is 1230 g/mol. The molecule has 0 spiro atoms. The molecule has 0 radical (unpaired) electrons. The first-order valence-corrected chi connectivity index (χ1v) is 29.6. The van der Waals surface area contributed by atoms with E-state index < -0.39 is 83.7 Å². The van der Waals surface area contributed by atoms with Crippen molar-refractivity contribution in [3.63, 3.8) is 0 Å². The number of nitrogens with one attached hydrogen (secondary N) is 6. The van der Waals surface area contributed by atoms with Gasteiger partial charge in [0.2, 0.25) is 35.4 Å². The fourth-order valence-corrected chi connectivity index (χ4v) is 10.0. The number of amides is 6. The summed E-state index contributed by atoms with van der Waals surface area (Å²) in [7, 11) is 0. The lowest BCUT2D eigenvalue weighted by molar-refractivity contribution is -0.142. The van der Waals surface area contributed by atoms with Gasteiger partial charge in [-0.25, -0.2) is 4.79 Å². The first kappa shape index (κ1) is 68.5. The highest BCUT2D eigenvalue weighted by Crippen LogP contribution is 2.21. The summed E-state index contributed by atoms with van der Waals surface area (Å²) in [6.07, 6.45) is 0.436. The normalized spacial score (nSPS) is 13.3. The highest BCUT2D eigenvalue weighted by atomic mass is 16.4. The quantitative estimate of drug-likeness (QED) is 0.0138. The lowest BCUT2D eigenvalue weighted by Crippen LogP contribution is -2.60. The summed E-state index contributed by atoms with van der Waals surface area (Å²) in [6, 6.07) is 29.7. The van der Waals surface area contributed by atoms with Gasteiger partial charge >= 0.3 is 5.97 Å². The van der Waals surface area contributed by atoms with Crippen molar-refractivity contribution >= 4 is 97.6 Å². The number of nitrogens with zero attached hydrogens (tertiary/aromatic N) is 4. The number of hydrogen-bond donors (Lipinski definition) is 16. The summed E-state index contributed by atoms with van der Waals surface area (Å²) in [4.78, 5) is 117. The summed E-state index contributed by atoms with van der Waals surface area (Å²) >= 11 is 0. The van der Waals surface area contributed by atoms with Crippen LogP contribution in [0.25, 0.3) is 32.3 Å². The summed E-state index contributed by atoms with van der Waals surface area (Å²) in [5.74, 6) is -6.86. The molecule has 0 fully saturated rings. The molecular formula is C63H83N19O8. The third-order valence-electron chi connectivity index (χ3n) is 14.7. The zero-order valence-electron chi connectivity index (χ0n) is 50.1. The number of carboxylic acids is 1. The van der Waals surface area contributed by atoms with Crippen molar-refractivity contribution in [2.24, 2.45) is 71.6 Å². The molecule has 0 saturated carbocycles. The smallest absolute Gasteiger partial charge is 0.326 e. The number of rotatable bonds is 35. The van der Waals surface area contributed by atoms with Gasteiger partial charge in [-0.05, 0) is 100 Å². The van der Waals surface area contributed by atoms with Crippen LogP contribution in [0, 0.1) is 0 Å². The van der Waals surface area contributed by atoms with Crippen LogP contribution in [0.1, 0.15) is 68.1 Å². The minimum absolute atomic E-state index is 0.0193. The number of fused-ring (bicyclic) bond motifs is 3. The van der Waals surface area contributed by atoms with E-state index in [-0.39, 0.29) is 114 Å². The van der Waals surface area contributed by atoms with Crippen molar-refractivity contribution in [2.75, 3.05) is 26.2 Å². The minimum Gasteiger partial charge on any atom is -0.480 e. The largest absolute Gasteiger partial charge is 0.480 e. The molecular weight excluding hydrogens is 1150 g/mol. The molecule has 7 atom stereocenters. The Bertz CT molecular complexity index is 3580. The molecule has 0 aliphatic rings. The molecule has 27 heteroatoms. The van der Waals surface area contributed by atoms with Gasteiger partial charge in [0, 0.05) is 45.4 Å². The fraction of sp³-hybridized carbons (Fsp3) is 0.349. The minimum atomic E-state index is -1.45. The summed E-state index contributed by atoms with van der Waals surface area (Å²) in [5, 5.41) is 32.2. The van der Waals surface area contributed by atoms with E-state index in [4.69, 9.17) is 51.6 Å². The maximum absolute atomic E-state index is 15.1. The Kier molecular flexibility index (Phi) is 26.4. The van der Waals surface area contributed by atoms with Crippen LogP contribution in [0.3, 0.4) is 0 Å². The molecule has 0 saturated heterocycles. The van der Waals surface area contributed by atoms with Gasteiger partial charge in [-0.15, -0.1) is 0 Å². The maximum atomic E-state index is 15.1. The molecule has 6 amide bonds. The number of carbonyl (C=O) groups is 7. The Morgan fingerprint density at radius 2 is 0.589 bits per heavy atom. The molecule has 6 rings (SSSR count). The Balaban J connectivity index is 1.33. The van der Waals surface area contributed by atoms with Crippen molar-refractivity contribution in [2.45, 2.75) is 113 Å². The summed E-state index contributed by atoms with van der Waals surface area (Å²) in [5.41, 5.74) is 52.7. The highest BCUT2D eigenvalue weighted by Gasteiger charge is 2.34. The van der Waals surface area contributed by atoms with E-state index in [0.717, 1.165) is 32.3 Å². The molecule has 0 aliphatic heterocycles. The van der Waals surface area contributed by atoms with Crippen molar-refractivity contribution in [3.05, 3.63) is 144 Å². The third-order valence-corrected chi connectivity index (χ3v) is 14.7. The van der Waals surface area contributed by atoms with Gasteiger partial charge in [-0.3, -0.25) is 48.7 Å². The van der Waals surface area contributed by atoms with Crippen LogP contribution in [-0.2, 0) is 52.8 Å². The van der Waals surface area contributed by atoms with E-state index in [1.165, 1.54) is 0 Å². The standard InChI is InChI=1S/C63H83N19O8/c64-46(17-7-27-73-60(65)66)53(83)80-50(34-37-21-24-40-11-1-4-14-43(40)31-37)56(86)78-47(18-8-28-74-61(67)68)54(84)77-48(19-9-29-75-62(69)70)55(85)81-52(36-39-23-26-42-13-3-6-16-45(42)33-39)58(88)82-51(35-38-22-25-41-12-2-5-15-44(41)32-38)57(87)79-49(59(89)90)20-10-30-76-63(71)72/h1-6,11-16,21-26,31-33,46-52H,7-10,17-20,27-30,34-36,64H2,(H,77,84)(H,78,86)(H,79,87)(H,80,83)(H,81,85)(H,82,88)(H,89,90)(H4,65,66,73)(H4,67,68,74)(H4,69,70,75)(H4,71,72,76)/t46-,47-,48-,49-,50-,51-,52-/m0/s1. The van der Waals surface area contributed by atoms with Crippen LogP contribution < -0.4 is 83.5 Å². The van der Waals surface area contributed by atoms with Gasteiger partial charge in [0.1, 0.15) is 36.3 Å². The van der Waals surface area contributed by atoms with Gasteiger partial charge < -0.3 is 88.6 Å². The molecule has 0 aromatic heterocycles. The van der Waals surface area contributed by atoms with Crippen LogP contribution >= 0.6 is 0 Å². The lowest BCUT2D eigenvalue weighted by Gasteiger charge is -2.28. The Hall–Kier alpha value is -10.6. The number of aliphatic carboxylic acids is 1. The number of carbonyl (C=O) groups excluding carboxylic acids is 6. The molecule has 0 bridgehead atoms. The Morgan fingerprint density at radius 1 is 0.333 bits per heavy atom. The number of hydrogen-bond acceptors (Lipinski definition) is 12. The van der Waals surface area contributed by atoms with Gasteiger partial charge in [0.25, 0.3) is 0 Å². The van der Waals surface area contributed by atoms with Gasteiger partial charge in [0.05, 0.1) is 6.04 Å². The second kappa shape index (κ2) is 34.7. The van der Waals surface area contributed by atoms with Crippen LogP contribution in [0.2, 0.25) is 0 Å². The first-order valence-electron chi connectivity index (χ1n) is 29.6. The molecule has 0 heterocycles. The second-order valence-corrected chi connectivity index (χ2v) is 21.8. The number of aliphatic imine (C=N–C) groups is 4. The predicted octanol–water partition coefficient (Wildman–Crippen LogP) is -0.291. The third kappa shape index (κ3) is 22.6. The summed E-state index contributed by atoms with van der Waals surface area (Å²) < 4.78 is 0. The van der Waals surface area contributed by atoms with Crippen LogP contribution in [-0.4, -0.2) is 139 Å². The number of carboxylic acid groups (broad SMARTS) is 1. The van der Waals surface area contributed by atoms with E-state index in [0.29, 0.717) is 23.1 Å². The van der Waals surface area contributed by atoms with Crippen molar-refractivity contribution in [1.82, 2.24) is 31.9 Å². The molecule has 90 heavy (non-hydrogen) atoms. The number of guanidine groups is 4. The zero-order chi connectivity index (χ0) is 65.1. The van der Waals surface area contributed by atoms with E-state index in [1.807, 2.05) is 115 Å². The topological polar surface area (TPSA) is 496 Å². The molecule has 0 aliphatic carbocycles. The molecule has 27 nitrogen and oxygen atoms in total. The zero-order valence-corrected chi connectivity index (χ0v) is 50.1. The Morgan fingerprint density at radius 3 is 0.900 bits per heavy atom. The average Bonchev–Trinajstić information content (AvgIpc) is 1.30. The SMILES string of the molecule is NC(N)=NCCC[C@H](NC(=O)[C@H](Cc1ccc2ccccc2c1)NC(=O)[C@H](Cc1ccc2ccccc2c1)NC(=O)[C@H](CCCN=C(N)N)NC(=O)[C@H](CCCN=C(N)N)NC(=O)[C@H](Cc1ccc2ccccc2c1)NC(=O)[C@@H](N)CCCN=C(N)N)C(=O)O. The Labute approximate surface area is 520 Å². The molecule has 478 valence electrons. The first-order chi connectivity index (χ1) is 43.1. The van der Waals surface area contributed by atoms with Gasteiger partial charge in [-0.1, -0.05) is 127 Å². The monoisotopic (exact) mass is 1230 g/mol. The molecule has 25 N–H and O–H groups in total. The highest BCUT2D eigenvalue weighted by molar-refractivity contribution is 5.98. The lowest BCUT2D eigenvalue weighted by atomic mass is 9.98. The van der Waals surface area contributed by atoms with E-state index in [2.05, 4.69) is 51.9 Å². The predicted molar refractivity (Wildman–Crippen MR) is 350 cm³/mol. The van der Waals surface area contributed by atoms with E-state index in [9.17, 15) is 29.1 Å². The van der Waals surface area contributed by atoms with E-state index in [1.54, 1.807) is 12.1 Å². The molecule has 0 unspecified atom stereocenters. The van der Waals surface area contributed by atoms with Crippen LogP contribution in [0.4, 0.5) is 0 Å². The van der Waals surface area contributed by atoms with Crippen molar-refractivity contribution in [1.29, 1.82) is 0 Å². The van der Waals surface area contributed by atoms with Crippen LogP contribution in [0.15, 0.2) is 147 Å². The van der Waals surface area contributed by atoms with Crippen molar-refractivity contribution in [3.8, 4) is 0 Å². The van der Waals surface area contributed by atoms with Crippen LogP contribution in [0.5, 0.6) is 0 Å². The second-order valence-electron chi connectivity index (χ2n) is 21.8. The number of nitrogens with two attached hydrogens (primary N) is 9. The molecule has 6 aromatic carbocycles.